The molecule has 0 radical (unpaired) electrons. The van der Waals surface area contributed by atoms with Gasteiger partial charge in [0, 0.05) is 11.9 Å². The van der Waals surface area contributed by atoms with E-state index in [0.717, 1.165) is 17.8 Å². The molecule has 20 heavy (non-hydrogen) atoms. The fourth-order valence-corrected chi connectivity index (χ4v) is 3.57. The highest BCUT2D eigenvalue weighted by molar-refractivity contribution is 7.11. The topological polar surface area (TPSA) is 59.2 Å². The average Bonchev–Trinajstić information content (AvgIpc) is 2.77. The molecule has 0 saturated heterocycles. The predicted molar refractivity (Wildman–Crippen MR) is 82.7 cm³/mol. The van der Waals surface area contributed by atoms with Gasteiger partial charge in [0.15, 0.2) is 0 Å². The fourth-order valence-electron chi connectivity index (χ4n) is 2.36. The molecular formula is C15H25N3OS. The van der Waals surface area contributed by atoms with Crippen LogP contribution in [0.25, 0.3) is 0 Å². The van der Waals surface area contributed by atoms with Crippen LogP contribution in [0.5, 0.6) is 0 Å². The second-order valence-electron chi connectivity index (χ2n) is 6.72. The Labute approximate surface area is 125 Å². The highest BCUT2D eigenvalue weighted by Crippen LogP contribution is 2.27. The summed E-state index contributed by atoms with van der Waals surface area (Å²) in [6, 6.07) is -0.470. The minimum absolute atomic E-state index is 0.00864. The molecule has 4 nitrogen and oxygen atoms in total. The van der Waals surface area contributed by atoms with Crippen LogP contribution in [-0.4, -0.2) is 28.9 Å². The second-order valence-corrected chi connectivity index (χ2v) is 7.89. The van der Waals surface area contributed by atoms with E-state index in [-0.39, 0.29) is 11.3 Å². The Morgan fingerprint density at radius 2 is 2.05 bits per heavy atom. The molecule has 0 bridgehead atoms. The van der Waals surface area contributed by atoms with Crippen LogP contribution in [0.3, 0.4) is 0 Å². The third kappa shape index (κ3) is 3.38. The summed E-state index contributed by atoms with van der Waals surface area (Å²) in [5.41, 5.74) is 7.07. The van der Waals surface area contributed by atoms with Crippen LogP contribution in [0.4, 0.5) is 0 Å². The van der Waals surface area contributed by atoms with Gasteiger partial charge in [-0.1, -0.05) is 20.8 Å². The smallest absolute Gasteiger partial charge is 0.240 e. The molecule has 0 aromatic carbocycles. The molecule has 1 aromatic rings. The van der Waals surface area contributed by atoms with Crippen molar-refractivity contribution < 1.29 is 4.79 Å². The number of rotatable bonds is 3. The van der Waals surface area contributed by atoms with Gasteiger partial charge >= 0.3 is 0 Å². The van der Waals surface area contributed by atoms with Gasteiger partial charge in [0.1, 0.15) is 5.01 Å². The molecule has 0 saturated carbocycles. The molecule has 112 valence electrons. The molecule has 0 unspecified atom stereocenters. The van der Waals surface area contributed by atoms with E-state index in [9.17, 15) is 4.79 Å². The van der Waals surface area contributed by atoms with Crippen molar-refractivity contribution in [1.82, 2.24) is 9.88 Å². The first-order valence-electron chi connectivity index (χ1n) is 7.27. The van der Waals surface area contributed by atoms with Crippen LogP contribution >= 0.6 is 11.3 Å². The minimum atomic E-state index is -0.470. The maximum atomic E-state index is 12.3. The van der Waals surface area contributed by atoms with E-state index in [0.29, 0.717) is 6.54 Å². The van der Waals surface area contributed by atoms with E-state index in [1.165, 1.54) is 23.4 Å². The summed E-state index contributed by atoms with van der Waals surface area (Å²) in [6.45, 7) is 6.54. The van der Waals surface area contributed by atoms with Gasteiger partial charge in [0.25, 0.3) is 0 Å². The number of hydrogen-bond donors (Lipinski definition) is 1. The van der Waals surface area contributed by atoms with Gasteiger partial charge in [-0.2, -0.15) is 0 Å². The molecule has 5 heteroatoms. The van der Waals surface area contributed by atoms with Crippen LogP contribution in [0.2, 0.25) is 0 Å². The lowest BCUT2D eigenvalue weighted by molar-refractivity contribution is -0.134. The number of nitrogens with zero attached hydrogens (tertiary/aromatic N) is 2. The van der Waals surface area contributed by atoms with Crippen molar-refractivity contribution in [3.05, 3.63) is 15.6 Å². The van der Waals surface area contributed by atoms with Crippen molar-refractivity contribution in [3.8, 4) is 0 Å². The summed E-state index contributed by atoms with van der Waals surface area (Å²) in [6.07, 6.45) is 4.73. The third-order valence-electron chi connectivity index (χ3n) is 3.84. The predicted octanol–water partition coefficient (Wildman–Crippen LogP) is 2.35. The number of amides is 1. The second kappa shape index (κ2) is 5.82. The Kier molecular flexibility index (Phi) is 4.49. The summed E-state index contributed by atoms with van der Waals surface area (Å²) >= 11 is 1.75. The lowest BCUT2D eigenvalue weighted by Gasteiger charge is -2.29. The highest BCUT2D eigenvalue weighted by Gasteiger charge is 2.30. The number of nitrogens with two attached hydrogens (primary N) is 1. The van der Waals surface area contributed by atoms with E-state index in [4.69, 9.17) is 5.73 Å². The Morgan fingerprint density at radius 1 is 1.40 bits per heavy atom. The molecule has 1 aromatic heterocycles. The molecule has 2 rings (SSSR count). The van der Waals surface area contributed by atoms with Crippen LogP contribution < -0.4 is 5.73 Å². The average molecular weight is 295 g/mol. The van der Waals surface area contributed by atoms with Gasteiger partial charge in [-0.3, -0.25) is 4.79 Å². The molecule has 0 fully saturated rings. The molecule has 1 heterocycles. The fraction of sp³-hybridized carbons (Fsp3) is 0.733. The minimum Gasteiger partial charge on any atom is -0.338 e. The standard InChI is InChI=1S/C15H25N3OS/c1-15(2,3)13(16)14(19)18(4)9-12-17-10-7-5-6-8-11(10)20-12/h13H,5-9,16H2,1-4H3/t13-/m1/s1. The first kappa shape index (κ1) is 15.4. The van der Waals surface area contributed by atoms with Crippen LogP contribution in [0, 0.1) is 5.41 Å². The Morgan fingerprint density at radius 3 is 2.65 bits per heavy atom. The quantitative estimate of drug-likeness (QED) is 0.931. The lowest BCUT2D eigenvalue weighted by Crippen LogP contribution is -2.48. The van der Waals surface area contributed by atoms with Gasteiger partial charge in [0.2, 0.25) is 5.91 Å². The molecule has 1 atom stereocenters. The van der Waals surface area contributed by atoms with Gasteiger partial charge in [-0.05, 0) is 31.1 Å². The van der Waals surface area contributed by atoms with Crippen molar-refractivity contribution in [2.45, 2.75) is 59.0 Å². The number of aryl methyl sites for hydroxylation is 2. The number of carbonyl (C=O) groups is 1. The van der Waals surface area contributed by atoms with Gasteiger partial charge in [-0.15, -0.1) is 11.3 Å². The number of fused-ring (bicyclic) bond motifs is 1. The summed E-state index contributed by atoms with van der Waals surface area (Å²) in [5.74, 6) is -0.00864. The van der Waals surface area contributed by atoms with E-state index in [1.807, 2.05) is 27.8 Å². The largest absolute Gasteiger partial charge is 0.338 e. The molecule has 1 amide bonds. The molecule has 0 spiro atoms. The van der Waals surface area contributed by atoms with Gasteiger partial charge in [-0.25, -0.2) is 4.98 Å². The third-order valence-corrected chi connectivity index (χ3v) is 4.98. The van der Waals surface area contributed by atoms with Gasteiger partial charge < -0.3 is 10.6 Å². The molecule has 1 aliphatic rings. The number of likely N-dealkylation sites (N-methyl/N-ethyl adjacent to an activating group) is 1. The number of thiazole rings is 1. The van der Waals surface area contributed by atoms with Gasteiger partial charge in [0.05, 0.1) is 18.3 Å². The zero-order valence-electron chi connectivity index (χ0n) is 12.9. The molecule has 0 aliphatic heterocycles. The summed E-state index contributed by atoms with van der Waals surface area (Å²) in [5, 5.41) is 1.04. The zero-order chi connectivity index (χ0) is 14.9. The first-order valence-corrected chi connectivity index (χ1v) is 8.08. The number of hydrogen-bond acceptors (Lipinski definition) is 4. The summed E-state index contributed by atoms with van der Waals surface area (Å²) in [7, 11) is 1.81. The number of aromatic nitrogens is 1. The molecule has 1 aliphatic carbocycles. The van der Waals surface area contributed by atoms with E-state index in [1.54, 1.807) is 16.2 Å². The molecular weight excluding hydrogens is 270 g/mol. The Bertz CT molecular complexity index is 466. The van der Waals surface area contributed by atoms with E-state index < -0.39 is 6.04 Å². The van der Waals surface area contributed by atoms with Crippen molar-refractivity contribution in [2.75, 3.05) is 7.05 Å². The van der Waals surface area contributed by atoms with Crippen LogP contribution in [0.1, 0.15) is 49.2 Å². The normalized spacial score (nSPS) is 16.6. The maximum absolute atomic E-state index is 12.3. The maximum Gasteiger partial charge on any atom is 0.240 e. The Balaban J connectivity index is 2.02. The van der Waals surface area contributed by atoms with E-state index >= 15 is 0 Å². The van der Waals surface area contributed by atoms with Crippen LogP contribution in [-0.2, 0) is 24.2 Å². The Hall–Kier alpha value is -0.940. The van der Waals surface area contributed by atoms with Crippen molar-refractivity contribution >= 4 is 17.2 Å². The first-order chi connectivity index (χ1) is 9.29. The summed E-state index contributed by atoms with van der Waals surface area (Å²) in [4.78, 5) is 20.1. The van der Waals surface area contributed by atoms with Crippen molar-refractivity contribution in [1.29, 1.82) is 0 Å². The lowest BCUT2D eigenvalue weighted by atomic mass is 9.86. The highest BCUT2D eigenvalue weighted by atomic mass is 32.1. The summed E-state index contributed by atoms with van der Waals surface area (Å²) < 4.78 is 0. The number of carbonyl (C=O) groups excluding carboxylic acids is 1. The SMILES string of the molecule is CN(Cc1nc2c(s1)CCCC2)C(=O)[C@@H](N)C(C)(C)C. The van der Waals surface area contributed by atoms with E-state index in [2.05, 4.69) is 4.98 Å². The zero-order valence-corrected chi connectivity index (χ0v) is 13.7. The van der Waals surface area contributed by atoms with Crippen molar-refractivity contribution in [3.63, 3.8) is 0 Å². The molecule has 2 N–H and O–H groups in total. The van der Waals surface area contributed by atoms with Crippen LogP contribution in [0.15, 0.2) is 0 Å². The monoisotopic (exact) mass is 295 g/mol. The van der Waals surface area contributed by atoms with Crippen molar-refractivity contribution in [2.24, 2.45) is 11.1 Å².